The van der Waals surface area contributed by atoms with Crippen LogP contribution in [0.4, 0.5) is 0 Å². The maximum absolute atomic E-state index is 11.7. The summed E-state index contributed by atoms with van der Waals surface area (Å²) in [7, 11) is 1.67. The molecule has 1 rings (SSSR count). The summed E-state index contributed by atoms with van der Waals surface area (Å²) in [5, 5.41) is 11.0. The summed E-state index contributed by atoms with van der Waals surface area (Å²) in [5.41, 5.74) is 0. The quantitative estimate of drug-likeness (QED) is 0.587. The summed E-state index contributed by atoms with van der Waals surface area (Å²) >= 11 is 0. The summed E-state index contributed by atoms with van der Waals surface area (Å²) in [4.78, 5) is 15.5. The van der Waals surface area contributed by atoms with Crippen molar-refractivity contribution in [2.45, 2.75) is 39.5 Å². The Bertz CT molecular complexity index is 306. The molecule has 1 atom stereocenters. The van der Waals surface area contributed by atoms with Gasteiger partial charge in [-0.25, -0.2) is 0 Å². The minimum Gasteiger partial charge on any atom is -0.356 e. The standard InChI is InChI=1S/C14H28N4O/c1-4-7-13(19)17(3)14(15)16-10-12-8-6-9-18(5-2)11-12/h12H,4-11H2,1-3H3,(H2,15,16). The molecule has 19 heavy (non-hydrogen) atoms. The minimum atomic E-state index is 0.0128. The largest absolute Gasteiger partial charge is 0.356 e. The molecule has 1 aliphatic heterocycles. The Morgan fingerprint density at radius 1 is 1.47 bits per heavy atom. The second-order valence-electron chi connectivity index (χ2n) is 5.33. The third kappa shape index (κ3) is 5.19. The van der Waals surface area contributed by atoms with Crippen LogP contribution in [0.5, 0.6) is 0 Å². The van der Waals surface area contributed by atoms with Crippen molar-refractivity contribution in [2.75, 3.05) is 33.2 Å². The Kier molecular flexibility index (Phi) is 6.84. The molecule has 0 radical (unpaired) electrons. The van der Waals surface area contributed by atoms with Gasteiger partial charge < -0.3 is 10.2 Å². The zero-order valence-corrected chi connectivity index (χ0v) is 12.5. The molecule has 0 aromatic carbocycles. The molecule has 5 nitrogen and oxygen atoms in total. The lowest BCUT2D eigenvalue weighted by molar-refractivity contribution is -0.126. The molecule has 1 unspecified atom stereocenters. The molecule has 5 heteroatoms. The Morgan fingerprint density at radius 2 is 2.21 bits per heavy atom. The van der Waals surface area contributed by atoms with Gasteiger partial charge in [0.2, 0.25) is 5.91 Å². The Morgan fingerprint density at radius 3 is 2.84 bits per heavy atom. The van der Waals surface area contributed by atoms with E-state index < -0.39 is 0 Å². The van der Waals surface area contributed by atoms with E-state index in [2.05, 4.69) is 17.1 Å². The van der Waals surface area contributed by atoms with Gasteiger partial charge in [0.05, 0.1) is 0 Å². The van der Waals surface area contributed by atoms with Gasteiger partial charge in [0.15, 0.2) is 5.96 Å². The number of nitrogens with one attached hydrogen (secondary N) is 2. The van der Waals surface area contributed by atoms with E-state index in [1.54, 1.807) is 7.05 Å². The van der Waals surface area contributed by atoms with E-state index in [-0.39, 0.29) is 11.9 Å². The van der Waals surface area contributed by atoms with E-state index in [1.807, 2.05) is 6.92 Å². The fourth-order valence-corrected chi connectivity index (χ4v) is 2.47. The number of hydrogen-bond acceptors (Lipinski definition) is 3. The summed E-state index contributed by atoms with van der Waals surface area (Å²) < 4.78 is 0. The van der Waals surface area contributed by atoms with Crippen molar-refractivity contribution in [1.82, 2.24) is 15.1 Å². The molecule has 1 fully saturated rings. The first-order valence-corrected chi connectivity index (χ1v) is 7.39. The Labute approximate surface area is 116 Å². The lowest BCUT2D eigenvalue weighted by Crippen LogP contribution is -2.46. The average Bonchev–Trinajstić information content (AvgIpc) is 2.44. The number of piperidine rings is 1. The van der Waals surface area contributed by atoms with Crippen molar-refractivity contribution in [2.24, 2.45) is 5.92 Å². The average molecular weight is 268 g/mol. The number of likely N-dealkylation sites (tertiary alicyclic amines) is 1. The Hall–Kier alpha value is -1.10. The fourth-order valence-electron chi connectivity index (χ4n) is 2.47. The second-order valence-corrected chi connectivity index (χ2v) is 5.33. The fraction of sp³-hybridized carbons (Fsp3) is 0.857. The van der Waals surface area contributed by atoms with E-state index >= 15 is 0 Å². The number of guanidine groups is 1. The highest BCUT2D eigenvalue weighted by atomic mass is 16.2. The van der Waals surface area contributed by atoms with Crippen LogP contribution in [-0.4, -0.2) is 54.9 Å². The first kappa shape index (κ1) is 16.0. The first-order chi connectivity index (χ1) is 9.08. The number of nitrogens with zero attached hydrogens (tertiary/aromatic N) is 2. The number of carbonyl (C=O) groups excluding carboxylic acids is 1. The highest BCUT2D eigenvalue weighted by molar-refractivity contribution is 5.95. The van der Waals surface area contributed by atoms with Crippen LogP contribution in [0.1, 0.15) is 39.5 Å². The van der Waals surface area contributed by atoms with E-state index in [4.69, 9.17) is 5.41 Å². The highest BCUT2D eigenvalue weighted by Crippen LogP contribution is 2.15. The first-order valence-electron chi connectivity index (χ1n) is 7.39. The van der Waals surface area contributed by atoms with Crippen molar-refractivity contribution in [1.29, 1.82) is 5.41 Å². The van der Waals surface area contributed by atoms with Crippen LogP contribution in [0, 0.1) is 11.3 Å². The van der Waals surface area contributed by atoms with Gasteiger partial charge in [0.1, 0.15) is 0 Å². The van der Waals surface area contributed by atoms with Crippen LogP contribution in [0.2, 0.25) is 0 Å². The number of hydrogen-bond donors (Lipinski definition) is 2. The van der Waals surface area contributed by atoms with Crippen LogP contribution < -0.4 is 5.32 Å². The number of carbonyl (C=O) groups is 1. The van der Waals surface area contributed by atoms with E-state index in [9.17, 15) is 4.79 Å². The van der Waals surface area contributed by atoms with E-state index in [0.717, 1.165) is 26.1 Å². The van der Waals surface area contributed by atoms with E-state index in [1.165, 1.54) is 24.3 Å². The lowest BCUT2D eigenvalue weighted by Gasteiger charge is -2.32. The summed E-state index contributed by atoms with van der Waals surface area (Å²) in [5.74, 6) is 0.828. The van der Waals surface area contributed by atoms with Crippen LogP contribution >= 0.6 is 0 Å². The van der Waals surface area contributed by atoms with Crippen LogP contribution in [0.3, 0.4) is 0 Å². The summed E-state index contributed by atoms with van der Waals surface area (Å²) in [6, 6.07) is 0. The monoisotopic (exact) mass is 268 g/mol. The molecule has 1 saturated heterocycles. The molecule has 0 aliphatic carbocycles. The molecule has 0 spiro atoms. The molecule has 0 aromatic heterocycles. The minimum absolute atomic E-state index is 0.0128. The molecular formula is C14H28N4O. The molecular weight excluding hydrogens is 240 g/mol. The lowest BCUT2D eigenvalue weighted by atomic mass is 9.98. The number of rotatable bonds is 5. The molecule has 1 heterocycles. The predicted octanol–water partition coefficient (Wildman–Crippen LogP) is 1.50. The molecule has 0 saturated carbocycles. The van der Waals surface area contributed by atoms with Crippen molar-refractivity contribution in [3.63, 3.8) is 0 Å². The van der Waals surface area contributed by atoms with Crippen molar-refractivity contribution >= 4 is 11.9 Å². The summed E-state index contributed by atoms with van der Waals surface area (Å²) in [6.07, 6.45) is 3.78. The van der Waals surface area contributed by atoms with Gasteiger partial charge in [-0.2, -0.15) is 0 Å². The zero-order chi connectivity index (χ0) is 14.3. The maximum atomic E-state index is 11.7. The smallest absolute Gasteiger partial charge is 0.228 e. The molecule has 1 aliphatic rings. The van der Waals surface area contributed by atoms with Gasteiger partial charge >= 0.3 is 0 Å². The molecule has 0 bridgehead atoms. The molecule has 2 N–H and O–H groups in total. The topological polar surface area (TPSA) is 59.4 Å². The zero-order valence-electron chi connectivity index (χ0n) is 12.5. The SMILES string of the molecule is CCCC(=O)N(C)C(=N)NCC1CCCN(CC)C1. The van der Waals surface area contributed by atoms with Crippen LogP contribution in [0.15, 0.2) is 0 Å². The van der Waals surface area contributed by atoms with Crippen LogP contribution in [0.25, 0.3) is 0 Å². The maximum Gasteiger partial charge on any atom is 0.228 e. The Balaban J connectivity index is 2.31. The molecule has 1 amide bonds. The normalized spacial score (nSPS) is 20.1. The molecule has 0 aromatic rings. The van der Waals surface area contributed by atoms with Gasteiger partial charge in [-0.1, -0.05) is 13.8 Å². The van der Waals surface area contributed by atoms with E-state index in [0.29, 0.717) is 12.3 Å². The third-order valence-electron chi connectivity index (χ3n) is 3.78. The third-order valence-corrected chi connectivity index (χ3v) is 3.78. The van der Waals surface area contributed by atoms with Gasteiger partial charge in [0, 0.05) is 26.6 Å². The van der Waals surface area contributed by atoms with Crippen LogP contribution in [-0.2, 0) is 4.79 Å². The van der Waals surface area contributed by atoms with Gasteiger partial charge in [-0.3, -0.25) is 15.1 Å². The van der Waals surface area contributed by atoms with Crippen molar-refractivity contribution in [3.05, 3.63) is 0 Å². The highest BCUT2D eigenvalue weighted by Gasteiger charge is 2.20. The number of amides is 1. The van der Waals surface area contributed by atoms with Crippen molar-refractivity contribution in [3.8, 4) is 0 Å². The van der Waals surface area contributed by atoms with Gasteiger partial charge in [-0.15, -0.1) is 0 Å². The van der Waals surface area contributed by atoms with Crippen molar-refractivity contribution < 1.29 is 4.79 Å². The second kappa shape index (κ2) is 8.15. The predicted molar refractivity (Wildman–Crippen MR) is 78.2 cm³/mol. The van der Waals surface area contributed by atoms with Gasteiger partial charge in [-0.05, 0) is 38.3 Å². The summed E-state index contributed by atoms with van der Waals surface area (Å²) in [6.45, 7) is 8.35. The van der Waals surface area contributed by atoms with Gasteiger partial charge in [0.25, 0.3) is 0 Å². The molecule has 110 valence electrons.